The first-order chi connectivity index (χ1) is 15.5. The third-order valence-corrected chi connectivity index (χ3v) is 7.78. The van der Waals surface area contributed by atoms with E-state index in [4.69, 9.17) is 10.5 Å². The number of ether oxygens (including phenoxy) is 1. The lowest BCUT2D eigenvalue weighted by molar-refractivity contribution is -0.00977. The molecule has 2 aliphatic carbocycles. The van der Waals surface area contributed by atoms with E-state index >= 15 is 0 Å². The van der Waals surface area contributed by atoms with E-state index in [9.17, 15) is 9.18 Å². The van der Waals surface area contributed by atoms with Gasteiger partial charge in [0.05, 0.1) is 31.6 Å². The van der Waals surface area contributed by atoms with Gasteiger partial charge in [-0.05, 0) is 44.9 Å². The lowest BCUT2D eigenvalue weighted by Gasteiger charge is -2.32. The minimum Gasteiger partial charge on any atom is -0.377 e. The largest absolute Gasteiger partial charge is 0.377 e. The van der Waals surface area contributed by atoms with Gasteiger partial charge in [-0.2, -0.15) is 0 Å². The van der Waals surface area contributed by atoms with Crippen LogP contribution in [-0.4, -0.2) is 58.0 Å². The molecule has 6 nitrogen and oxygen atoms in total. The Hall–Kier alpha value is -2.22. The van der Waals surface area contributed by atoms with Gasteiger partial charge in [0.15, 0.2) is 11.6 Å². The average Bonchev–Trinajstić information content (AvgIpc) is 3.47. The number of benzene rings is 1. The molecule has 0 bridgehead atoms. The van der Waals surface area contributed by atoms with E-state index in [1.807, 2.05) is 30.3 Å². The Bertz CT molecular complexity index is 956. The number of hydrogen-bond donors (Lipinski definition) is 1. The van der Waals surface area contributed by atoms with Crippen molar-refractivity contribution in [2.75, 3.05) is 13.2 Å². The maximum Gasteiger partial charge on any atom is 0.176 e. The number of likely N-dealkylation sites (tertiary alicyclic amines) is 1. The van der Waals surface area contributed by atoms with Crippen LogP contribution in [0, 0.1) is 11.7 Å². The average molecular weight is 439 g/mol. The first kappa shape index (κ1) is 21.6. The maximum atomic E-state index is 13.2. The molecule has 7 heteroatoms. The predicted molar refractivity (Wildman–Crippen MR) is 119 cm³/mol. The van der Waals surface area contributed by atoms with E-state index in [1.54, 1.807) is 0 Å². The summed E-state index contributed by atoms with van der Waals surface area (Å²) in [7, 11) is 0. The van der Waals surface area contributed by atoms with Crippen molar-refractivity contribution in [3.8, 4) is 0 Å². The Kier molecular flexibility index (Phi) is 5.82. The quantitative estimate of drug-likeness (QED) is 0.669. The molecule has 3 aliphatic rings. The second kappa shape index (κ2) is 8.61. The summed E-state index contributed by atoms with van der Waals surface area (Å²) in [4.78, 5) is 23.5. The number of rotatable bonds is 7. The molecule has 2 heterocycles. The number of nitrogens with two attached hydrogens (primary N) is 1. The number of hydrogen-bond acceptors (Lipinski definition) is 6. The van der Waals surface area contributed by atoms with E-state index in [1.165, 1.54) is 12.4 Å². The van der Waals surface area contributed by atoms with Crippen LogP contribution in [-0.2, 0) is 10.2 Å². The molecular weight excluding hydrogens is 407 g/mol. The van der Waals surface area contributed by atoms with Crippen LogP contribution in [0.2, 0.25) is 0 Å². The Morgan fingerprint density at radius 3 is 2.72 bits per heavy atom. The van der Waals surface area contributed by atoms with E-state index in [2.05, 4.69) is 21.8 Å². The van der Waals surface area contributed by atoms with Crippen LogP contribution < -0.4 is 5.73 Å². The fourth-order valence-corrected chi connectivity index (χ4v) is 5.82. The van der Waals surface area contributed by atoms with Crippen LogP contribution in [0.1, 0.15) is 55.2 Å². The smallest absolute Gasteiger partial charge is 0.176 e. The second-order valence-electron chi connectivity index (χ2n) is 9.79. The molecule has 32 heavy (non-hydrogen) atoms. The highest BCUT2D eigenvalue weighted by atomic mass is 19.1. The van der Waals surface area contributed by atoms with Crippen LogP contribution >= 0.6 is 0 Å². The summed E-state index contributed by atoms with van der Waals surface area (Å²) in [5.41, 5.74) is 7.20. The molecule has 170 valence electrons. The third-order valence-electron chi connectivity index (χ3n) is 7.78. The van der Waals surface area contributed by atoms with Crippen molar-refractivity contribution in [3.63, 3.8) is 0 Å². The Morgan fingerprint density at radius 1 is 1.25 bits per heavy atom. The highest BCUT2D eigenvalue weighted by Crippen LogP contribution is 2.61. The fourth-order valence-electron chi connectivity index (χ4n) is 5.82. The van der Waals surface area contributed by atoms with Crippen molar-refractivity contribution >= 4 is 5.78 Å². The Morgan fingerprint density at radius 2 is 2.00 bits per heavy atom. The molecule has 1 aromatic heterocycles. The van der Waals surface area contributed by atoms with Gasteiger partial charge in [-0.3, -0.25) is 9.69 Å². The van der Waals surface area contributed by atoms with Gasteiger partial charge >= 0.3 is 0 Å². The zero-order valence-electron chi connectivity index (χ0n) is 18.5. The zero-order chi connectivity index (χ0) is 22.3. The SMILES string of the molecule is C[C@@H]1C[C@H](N)[C@H](CO[C@H]2CC[C@@]3(c4ncc(F)cn4)C[C@H]3C2)N1CC(=O)c1ccccc1. The summed E-state index contributed by atoms with van der Waals surface area (Å²) in [5, 5.41) is 0. The molecule has 0 spiro atoms. The molecule has 1 saturated heterocycles. The molecule has 6 atom stereocenters. The number of Topliss-reactive ketones (excluding diaryl/α,β-unsaturated/α-hetero) is 1. The van der Waals surface area contributed by atoms with Crippen LogP contribution in [0.4, 0.5) is 4.39 Å². The number of fused-ring (bicyclic) bond motifs is 1. The first-order valence-electron chi connectivity index (χ1n) is 11.7. The van der Waals surface area contributed by atoms with Gasteiger partial charge in [-0.25, -0.2) is 14.4 Å². The molecule has 0 radical (unpaired) electrons. The fraction of sp³-hybridized carbons (Fsp3) is 0.560. The minimum atomic E-state index is -0.392. The van der Waals surface area contributed by atoms with Crippen LogP contribution in [0.15, 0.2) is 42.7 Å². The molecule has 0 unspecified atom stereocenters. The topological polar surface area (TPSA) is 81.3 Å². The second-order valence-corrected chi connectivity index (χ2v) is 9.79. The summed E-state index contributed by atoms with van der Waals surface area (Å²) in [6.07, 6.45) is 7.53. The monoisotopic (exact) mass is 438 g/mol. The minimum absolute atomic E-state index is 0.00444. The van der Waals surface area contributed by atoms with Crippen molar-refractivity contribution in [1.29, 1.82) is 0 Å². The number of nitrogens with zero attached hydrogens (tertiary/aromatic N) is 3. The van der Waals surface area contributed by atoms with Gasteiger partial charge in [-0.1, -0.05) is 30.3 Å². The van der Waals surface area contributed by atoms with Gasteiger partial charge in [0.2, 0.25) is 0 Å². The van der Waals surface area contributed by atoms with Crippen molar-refractivity contribution < 1.29 is 13.9 Å². The van der Waals surface area contributed by atoms with Crippen LogP contribution in [0.5, 0.6) is 0 Å². The number of ketones is 1. The molecule has 2 N–H and O–H groups in total. The molecule has 5 rings (SSSR count). The number of aromatic nitrogens is 2. The van der Waals surface area contributed by atoms with Crippen LogP contribution in [0.25, 0.3) is 0 Å². The highest BCUT2D eigenvalue weighted by molar-refractivity contribution is 5.97. The number of carbonyl (C=O) groups is 1. The Labute approximate surface area is 188 Å². The van der Waals surface area contributed by atoms with Gasteiger partial charge < -0.3 is 10.5 Å². The van der Waals surface area contributed by atoms with Gasteiger partial charge in [0.25, 0.3) is 0 Å². The van der Waals surface area contributed by atoms with E-state index in [-0.39, 0.29) is 35.4 Å². The summed E-state index contributed by atoms with van der Waals surface area (Å²) >= 11 is 0. The lowest BCUT2D eigenvalue weighted by atomic mass is 9.86. The van der Waals surface area contributed by atoms with Gasteiger partial charge in [0.1, 0.15) is 5.82 Å². The van der Waals surface area contributed by atoms with Crippen molar-refractivity contribution in [3.05, 3.63) is 59.9 Å². The van der Waals surface area contributed by atoms with E-state index in [0.29, 0.717) is 19.1 Å². The molecule has 0 amide bonds. The van der Waals surface area contributed by atoms with Crippen molar-refractivity contribution in [1.82, 2.24) is 14.9 Å². The molecule has 2 aromatic rings. The molecule has 1 aromatic carbocycles. The highest BCUT2D eigenvalue weighted by Gasteiger charge is 2.60. The zero-order valence-corrected chi connectivity index (χ0v) is 18.5. The number of carbonyl (C=O) groups excluding carboxylic acids is 1. The standard InChI is InChI=1S/C25H31FN4O2/c1-16-9-21(27)22(30(16)14-23(31)17-5-3-2-4-6-17)15-32-20-7-8-25(11-18(25)10-20)24-28-12-19(26)13-29-24/h2-6,12-13,16,18,20-22H,7-11,14-15,27H2,1H3/t16-,18-,20+,21+,22+,25-/m1/s1. The summed E-state index contributed by atoms with van der Waals surface area (Å²) in [6, 6.07) is 9.74. The van der Waals surface area contributed by atoms with E-state index < -0.39 is 5.82 Å². The number of halogens is 1. The summed E-state index contributed by atoms with van der Waals surface area (Å²) in [5.74, 6) is 1.01. The third kappa shape index (κ3) is 4.09. The normalized spacial score (nSPS) is 34.3. The Balaban J connectivity index is 1.17. The molecule has 2 saturated carbocycles. The molecule has 1 aliphatic heterocycles. The van der Waals surface area contributed by atoms with Gasteiger partial charge in [0, 0.05) is 29.1 Å². The predicted octanol–water partition coefficient (Wildman–Crippen LogP) is 3.12. The summed E-state index contributed by atoms with van der Waals surface area (Å²) < 4.78 is 19.6. The molecular formula is C25H31FN4O2. The van der Waals surface area contributed by atoms with Crippen molar-refractivity contribution in [2.24, 2.45) is 11.7 Å². The lowest BCUT2D eigenvalue weighted by Crippen LogP contribution is -2.47. The van der Waals surface area contributed by atoms with Crippen LogP contribution in [0.3, 0.4) is 0 Å². The molecule has 3 fully saturated rings. The summed E-state index contributed by atoms with van der Waals surface area (Å²) in [6.45, 7) is 3.05. The van der Waals surface area contributed by atoms with E-state index in [0.717, 1.165) is 43.5 Å². The first-order valence-corrected chi connectivity index (χ1v) is 11.7. The van der Waals surface area contributed by atoms with Gasteiger partial charge in [-0.15, -0.1) is 0 Å². The van der Waals surface area contributed by atoms with Crippen molar-refractivity contribution in [2.45, 2.75) is 68.7 Å². The maximum absolute atomic E-state index is 13.2.